The average Bonchev–Trinajstić information content (AvgIpc) is 2.28. The number of hydrogen-bond donors (Lipinski definition) is 1. The topological polar surface area (TPSA) is 56.7 Å². The van der Waals surface area contributed by atoms with Crippen LogP contribution in [0, 0.1) is 5.82 Å². The number of halogens is 1. The fourth-order valence-corrected chi connectivity index (χ4v) is 1.62. The number of hydrogen-bond acceptors (Lipinski definition) is 4. The Balaban J connectivity index is 2.78. The van der Waals surface area contributed by atoms with Gasteiger partial charge in [-0.3, -0.25) is 0 Å². The maximum Gasteiger partial charge on any atom is 0.339 e. The summed E-state index contributed by atoms with van der Waals surface area (Å²) in [6.07, 6.45) is 1.91. The van der Waals surface area contributed by atoms with Crippen LogP contribution in [0.1, 0.15) is 16.8 Å². The molecule has 0 unspecified atom stereocenters. The van der Waals surface area contributed by atoms with Gasteiger partial charge < -0.3 is 14.9 Å². The van der Waals surface area contributed by atoms with Gasteiger partial charge in [-0.25, -0.2) is 14.2 Å². The minimum Gasteiger partial charge on any atom is -0.478 e. The second kappa shape index (κ2) is 6.30. The highest BCUT2D eigenvalue weighted by Crippen LogP contribution is 2.17. The summed E-state index contributed by atoms with van der Waals surface area (Å²) in [5, 5.41) is 9.01. The number of rotatable bonds is 6. The van der Waals surface area contributed by atoms with Crippen LogP contribution in [-0.2, 0) is 0 Å². The molecule has 0 amide bonds. The van der Waals surface area contributed by atoms with E-state index in [1.54, 1.807) is 11.9 Å². The molecular weight excluding hydrogens is 237 g/mol. The van der Waals surface area contributed by atoms with Gasteiger partial charge in [0.15, 0.2) is 0 Å². The van der Waals surface area contributed by atoms with Crippen molar-refractivity contribution in [3.63, 3.8) is 0 Å². The number of nitrogens with zero attached hydrogens (tertiary/aromatic N) is 3. The van der Waals surface area contributed by atoms with Crippen LogP contribution in [0.2, 0.25) is 0 Å². The van der Waals surface area contributed by atoms with E-state index >= 15 is 0 Å². The summed E-state index contributed by atoms with van der Waals surface area (Å²) >= 11 is 0. The summed E-state index contributed by atoms with van der Waals surface area (Å²) in [6, 6.07) is 0.993. The zero-order valence-electron chi connectivity index (χ0n) is 10.9. The monoisotopic (exact) mass is 255 g/mol. The van der Waals surface area contributed by atoms with E-state index in [-0.39, 0.29) is 5.56 Å². The van der Waals surface area contributed by atoms with Gasteiger partial charge in [-0.05, 0) is 33.1 Å². The van der Waals surface area contributed by atoms with Crippen molar-refractivity contribution in [2.45, 2.75) is 6.42 Å². The zero-order chi connectivity index (χ0) is 13.7. The second-order valence-corrected chi connectivity index (χ2v) is 4.41. The van der Waals surface area contributed by atoms with E-state index in [1.165, 1.54) is 0 Å². The SMILES string of the molecule is CN(C)CCCN(C)c1ncc(F)cc1C(=O)O. The third-order valence-corrected chi connectivity index (χ3v) is 2.52. The van der Waals surface area contributed by atoms with Crippen molar-refractivity contribution in [2.75, 3.05) is 39.1 Å². The quantitative estimate of drug-likeness (QED) is 0.830. The van der Waals surface area contributed by atoms with Crippen LogP contribution in [-0.4, -0.2) is 55.2 Å². The largest absolute Gasteiger partial charge is 0.478 e. The molecule has 0 atom stereocenters. The lowest BCUT2D eigenvalue weighted by Crippen LogP contribution is -2.25. The lowest BCUT2D eigenvalue weighted by molar-refractivity contribution is 0.0696. The van der Waals surface area contributed by atoms with E-state index in [2.05, 4.69) is 4.98 Å². The maximum absolute atomic E-state index is 13.0. The predicted octanol–water partition coefficient (Wildman–Crippen LogP) is 1.31. The molecular formula is C12H18FN3O2. The van der Waals surface area contributed by atoms with E-state index in [0.29, 0.717) is 12.4 Å². The Labute approximate surface area is 106 Å². The van der Waals surface area contributed by atoms with Gasteiger partial charge in [0.1, 0.15) is 17.2 Å². The first kappa shape index (κ1) is 14.4. The molecule has 1 rings (SSSR count). The lowest BCUT2D eigenvalue weighted by Gasteiger charge is -2.20. The van der Waals surface area contributed by atoms with Gasteiger partial charge in [-0.1, -0.05) is 0 Å². The molecule has 1 N–H and O–H groups in total. The summed E-state index contributed by atoms with van der Waals surface area (Å²) < 4.78 is 13.0. The molecule has 0 aliphatic heterocycles. The third-order valence-electron chi connectivity index (χ3n) is 2.52. The number of aromatic nitrogens is 1. The van der Waals surface area contributed by atoms with Crippen LogP contribution in [0.4, 0.5) is 10.2 Å². The van der Waals surface area contributed by atoms with E-state index < -0.39 is 11.8 Å². The number of carboxylic acid groups (broad SMARTS) is 1. The van der Waals surface area contributed by atoms with Crippen molar-refractivity contribution in [3.05, 3.63) is 23.6 Å². The molecule has 6 heteroatoms. The van der Waals surface area contributed by atoms with Crippen molar-refractivity contribution in [1.82, 2.24) is 9.88 Å². The molecule has 0 aliphatic rings. The molecule has 5 nitrogen and oxygen atoms in total. The second-order valence-electron chi connectivity index (χ2n) is 4.41. The Hall–Kier alpha value is -1.69. The van der Waals surface area contributed by atoms with Crippen LogP contribution in [0.3, 0.4) is 0 Å². The Morgan fingerprint density at radius 2 is 2.06 bits per heavy atom. The van der Waals surface area contributed by atoms with Crippen LogP contribution in [0.5, 0.6) is 0 Å². The molecule has 1 aromatic heterocycles. The Morgan fingerprint density at radius 1 is 1.39 bits per heavy atom. The molecule has 1 aromatic rings. The van der Waals surface area contributed by atoms with E-state index in [1.807, 2.05) is 19.0 Å². The first-order chi connectivity index (χ1) is 8.41. The van der Waals surface area contributed by atoms with Gasteiger partial charge >= 0.3 is 5.97 Å². The average molecular weight is 255 g/mol. The van der Waals surface area contributed by atoms with E-state index in [4.69, 9.17) is 5.11 Å². The molecule has 18 heavy (non-hydrogen) atoms. The minimum atomic E-state index is -1.17. The Kier molecular flexibility index (Phi) is 5.03. The van der Waals surface area contributed by atoms with Gasteiger partial charge in [0.05, 0.1) is 6.20 Å². The van der Waals surface area contributed by atoms with Gasteiger partial charge in [0, 0.05) is 13.6 Å². The fourth-order valence-electron chi connectivity index (χ4n) is 1.62. The summed E-state index contributed by atoms with van der Waals surface area (Å²) in [5.74, 6) is -1.52. The standard InChI is InChI=1S/C12H18FN3O2/c1-15(2)5-4-6-16(3)11-10(12(17)18)7-9(13)8-14-11/h7-8H,4-6H2,1-3H3,(H,17,18). The number of anilines is 1. The number of pyridine rings is 1. The molecule has 0 bridgehead atoms. The van der Waals surface area contributed by atoms with Crippen molar-refractivity contribution in [3.8, 4) is 0 Å². The smallest absolute Gasteiger partial charge is 0.339 e. The van der Waals surface area contributed by atoms with Gasteiger partial charge in [0.25, 0.3) is 0 Å². The highest BCUT2D eigenvalue weighted by atomic mass is 19.1. The van der Waals surface area contributed by atoms with Crippen molar-refractivity contribution in [2.24, 2.45) is 0 Å². The molecule has 0 spiro atoms. The summed E-state index contributed by atoms with van der Waals surface area (Å²) in [4.78, 5) is 18.6. The Morgan fingerprint density at radius 3 is 2.61 bits per heavy atom. The molecule has 1 heterocycles. The zero-order valence-corrected chi connectivity index (χ0v) is 10.9. The summed E-state index contributed by atoms with van der Waals surface area (Å²) in [7, 11) is 5.69. The van der Waals surface area contributed by atoms with Crippen LogP contribution in [0.25, 0.3) is 0 Å². The first-order valence-electron chi connectivity index (χ1n) is 5.66. The summed E-state index contributed by atoms with van der Waals surface area (Å²) in [5.41, 5.74) is -0.109. The molecule has 100 valence electrons. The van der Waals surface area contributed by atoms with Crippen molar-refractivity contribution in [1.29, 1.82) is 0 Å². The normalized spacial score (nSPS) is 10.7. The number of aromatic carboxylic acids is 1. The minimum absolute atomic E-state index is 0.109. The van der Waals surface area contributed by atoms with Crippen LogP contribution in [0.15, 0.2) is 12.3 Å². The molecule has 0 aromatic carbocycles. The number of carbonyl (C=O) groups is 1. The molecule has 0 saturated heterocycles. The highest BCUT2D eigenvalue weighted by molar-refractivity contribution is 5.93. The third kappa shape index (κ3) is 3.96. The van der Waals surface area contributed by atoms with Crippen molar-refractivity contribution >= 4 is 11.8 Å². The van der Waals surface area contributed by atoms with E-state index in [0.717, 1.165) is 25.2 Å². The molecule has 0 saturated carbocycles. The maximum atomic E-state index is 13.0. The van der Waals surface area contributed by atoms with E-state index in [9.17, 15) is 9.18 Å². The molecule has 0 radical (unpaired) electrons. The van der Waals surface area contributed by atoms with Gasteiger partial charge in [-0.15, -0.1) is 0 Å². The van der Waals surface area contributed by atoms with Gasteiger partial charge in [-0.2, -0.15) is 0 Å². The number of carboxylic acids is 1. The fraction of sp³-hybridized carbons (Fsp3) is 0.500. The summed E-state index contributed by atoms with van der Waals surface area (Å²) in [6.45, 7) is 1.56. The van der Waals surface area contributed by atoms with Crippen LogP contribution >= 0.6 is 0 Å². The molecule has 0 fully saturated rings. The van der Waals surface area contributed by atoms with Crippen molar-refractivity contribution < 1.29 is 14.3 Å². The van der Waals surface area contributed by atoms with Gasteiger partial charge in [0.2, 0.25) is 0 Å². The van der Waals surface area contributed by atoms with Crippen LogP contribution < -0.4 is 4.90 Å². The predicted molar refractivity (Wildman–Crippen MR) is 67.6 cm³/mol. The first-order valence-corrected chi connectivity index (χ1v) is 5.66. The lowest BCUT2D eigenvalue weighted by atomic mass is 10.2. The molecule has 0 aliphatic carbocycles. The Bertz CT molecular complexity index is 424. The highest BCUT2D eigenvalue weighted by Gasteiger charge is 2.16.